The molecule has 1 N–H and O–H groups in total. The van der Waals surface area contributed by atoms with Crippen molar-refractivity contribution in [2.75, 3.05) is 45.9 Å². The van der Waals surface area contributed by atoms with Gasteiger partial charge < -0.3 is 15.0 Å². The molecule has 3 saturated heterocycles. The summed E-state index contributed by atoms with van der Waals surface area (Å²) in [6.45, 7) is 3.73. The summed E-state index contributed by atoms with van der Waals surface area (Å²) >= 11 is 0. The lowest BCUT2D eigenvalue weighted by Gasteiger charge is -2.31. The van der Waals surface area contributed by atoms with E-state index in [1.165, 1.54) is 4.90 Å². The zero-order valence-corrected chi connectivity index (χ0v) is 11.5. The van der Waals surface area contributed by atoms with Crippen molar-refractivity contribution in [1.82, 2.24) is 15.1 Å². The first kappa shape index (κ1) is 14.2. The number of carbonyl (C=O) groups is 1. The molecule has 0 aliphatic carbocycles. The summed E-state index contributed by atoms with van der Waals surface area (Å²) in [5.41, 5.74) is 0. The lowest BCUT2D eigenvalue weighted by Crippen LogP contribution is -2.44. The van der Waals surface area contributed by atoms with Gasteiger partial charge in [-0.25, -0.2) is 8.78 Å². The Morgan fingerprint density at radius 1 is 1.25 bits per heavy atom. The van der Waals surface area contributed by atoms with Gasteiger partial charge in [-0.3, -0.25) is 9.69 Å². The van der Waals surface area contributed by atoms with Crippen LogP contribution in [0.15, 0.2) is 0 Å². The normalized spacial score (nSPS) is 34.6. The van der Waals surface area contributed by atoms with Gasteiger partial charge in [0, 0.05) is 38.6 Å². The molecule has 7 heteroatoms. The van der Waals surface area contributed by atoms with E-state index in [2.05, 4.69) is 10.2 Å². The monoisotopic (exact) mass is 289 g/mol. The van der Waals surface area contributed by atoms with E-state index >= 15 is 0 Å². The zero-order chi connectivity index (χ0) is 14.2. The summed E-state index contributed by atoms with van der Waals surface area (Å²) in [6, 6.07) is 0.00714. The number of alkyl halides is 2. The van der Waals surface area contributed by atoms with Gasteiger partial charge in [-0.05, 0) is 6.42 Å². The third-order valence-corrected chi connectivity index (χ3v) is 4.45. The van der Waals surface area contributed by atoms with Crippen LogP contribution < -0.4 is 5.32 Å². The Bertz CT molecular complexity index is 375. The third kappa shape index (κ3) is 2.94. The van der Waals surface area contributed by atoms with Gasteiger partial charge in [-0.2, -0.15) is 0 Å². The average molecular weight is 289 g/mol. The predicted octanol–water partition coefficient (Wildman–Crippen LogP) is -0.0833. The first-order valence-corrected chi connectivity index (χ1v) is 7.27. The molecule has 3 heterocycles. The highest BCUT2D eigenvalue weighted by atomic mass is 19.3. The van der Waals surface area contributed by atoms with Gasteiger partial charge >= 0.3 is 0 Å². The summed E-state index contributed by atoms with van der Waals surface area (Å²) in [5, 5.41) is 3.19. The van der Waals surface area contributed by atoms with Gasteiger partial charge in [0.2, 0.25) is 5.91 Å². The molecular weight excluding hydrogens is 268 g/mol. The fourth-order valence-corrected chi connectivity index (χ4v) is 3.27. The molecule has 0 spiro atoms. The number of hydrogen-bond acceptors (Lipinski definition) is 4. The average Bonchev–Trinajstić information content (AvgIpc) is 3.05. The van der Waals surface area contributed by atoms with Crippen LogP contribution in [-0.4, -0.2) is 79.7 Å². The van der Waals surface area contributed by atoms with E-state index in [9.17, 15) is 13.6 Å². The van der Waals surface area contributed by atoms with Crippen molar-refractivity contribution in [1.29, 1.82) is 0 Å². The SMILES string of the molecule is O=C([C@@H]1C[C@H](N2CCOCC2)CN1)N1CCC(F)(F)C1. The van der Waals surface area contributed by atoms with Crippen LogP contribution in [0.1, 0.15) is 12.8 Å². The lowest BCUT2D eigenvalue weighted by molar-refractivity contribution is -0.133. The zero-order valence-electron chi connectivity index (χ0n) is 11.5. The number of amides is 1. The molecule has 3 fully saturated rings. The van der Waals surface area contributed by atoms with E-state index in [1.54, 1.807) is 0 Å². The van der Waals surface area contributed by atoms with Gasteiger partial charge in [0.05, 0.1) is 25.8 Å². The highest BCUT2D eigenvalue weighted by molar-refractivity contribution is 5.82. The smallest absolute Gasteiger partial charge is 0.267 e. The highest BCUT2D eigenvalue weighted by Gasteiger charge is 2.43. The van der Waals surface area contributed by atoms with E-state index < -0.39 is 12.5 Å². The molecule has 1 amide bonds. The molecule has 3 aliphatic heterocycles. The first-order valence-electron chi connectivity index (χ1n) is 7.27. The molecule has 2 atom stereocenters. The Kier molecular flexibility index (Phi) is 3.92. The van der Waals surface area contributed by atoms with Crippen LogP contribution in [0.3, 0.4) is 0 Å². The minimum Gasteiger partial charge on any atom is -0.379 e. The van der Waals surface area contributed by atoms with Gasteiger partial charge in [-0.15, -0.1) is 0 Å². The van der Waals surface area contributed by atoms with E-state index in [4.69, 9.17) is 4.74 Å². The molecule has 3 rings (SSSR count). The second kappa shape index (κ2) is 5.54. The van der Waals surface area contributed by atoms with Crippen LogP contribution in [0.4, 0.5) is 8.78 Å². The van der Waals surface area contributed by atoms with Crippen LogP contribution in [0.5, 0.6) is 0 Å². The van der Waals surface area contributed by atoms with Crippen molar-refractivity contribution in [2.24, 2.45) is 0 Å². The van der Waals surface area contributed by atoms with E-state index in [1.807, 2.05) is 0 Å². The molecule has 0 bridgehead atoms. The molecular formula is C13H21F2N3O2. The molecule has 3 aliphatic rings. The summed E-state index contributed by atoms with van der Waals surface area (Å²) in [5.74, 6) is -2.88. The Morgan fingerprint density at radius 3 is 2.65 bits per heavy atom. The van der Waals surface area contributed by atoms with Crippen LogP contribution in [0, 0.1) is 0 Å². The van der Waals surface area contributed by atoms with Crippen molar-refractivity contribution in [3.8, 4) is 0 Å². The number of hydrogen-bond donors (Lipinski definition) is 1. The maximum Gasteiger partial charge on any atom is 0.267 e. The molecule has 5 nitrogen and oxygen atoms in total. The van der Waals surface area contributed by atoms with Crippen LogP contribution in [-0.2, 0) is 9.53 Å². The number of nitrogens with zero attached hydrogens (tertiary/aromatic N) is 2. The number of carbonyl (C=O) groups excluding carboxylic acids is 1. The predicted molar refractivity (Wildman–Crippen MR) is 68.7 cm³/mol. The molecule has 0 saturated carbocycles. The maximum atomic E-state index is 13.2. The quantitative estimate of drug-likeness (QED) is 0.772. The largest absolute Gasteiger partial charge is 0.379 e. The topological polar surface area (TPSA) is 44.8 Å². The number of rotatable bonds is 2. The molecule has 20 heavy (non-hydrogen) atoms. The minimum absolute atomic E-state index is 0.169. The minimum atomic E-state index is -2.71. The third-order valence-electron chi connectivity index (χ3n) is 4.45. The molecule has 114 valence electrons. The van der Waals surface area contributed by atoms with Crippen LogP contribution in [0.2, 0.25) is 0 Å². The Balaban J connectivity index is 1.53. The lowest BCUT2D eigenvalue weighted by atomic mass is 10.1. The summed E-state index contributed by atoms with van der Waals surface area (Å²) in [6.07, 6.45) is 0.499. The van der Waals surface area contributed by atoms with Gasteiger partial charge in [-0.1, -0.05) is 0 Å². The Labute approximate surface area is 117 Å². The number of nitrogens with one attached hydrogen (secondary N) is 1. The summed E-state index contributed by atoms with van der Waals surface area (Å²) in [7, 11) is 0. The molecule has 0 radical (unpaired) electrons. The second-order valence-corrected chi connectivity index (χ2v) is 5.86. The van der Waals surface area contributed by atoms with Crippen molar-refractivity contribution >= 4 is 5.91 Å². The standard InChI is InChI=1S/C13H21F2N3O2/c14-13(15)1-2-18(9-13)12(19)11-7-10(8-16-11)17-3-5-20-6-4-17/h10-11,16H,1-9H2/t10-,11-/m0/s1. The summed E-state index contributed by atoms with van der Waals surface area (Å²) < 4.78 is 31.7. The van der Waals surface area contributed by atoms with Crippen LogP contribution >= 0.6 is 0 Å². The number of halogens is 2. The van der Waals surface area contributed by atoms with E-state index in [0.717, 1.165) is 32.8 Å². The Hall–Kier alpha value is -0.790. The summed E-state index contributed by atoms with van der Waals surface area (Å²) in [4.78, 5) is 15.9. The molecule has 0 aromatic rings. The second-order valence-electron chi connectivity index (χ2n) is 5.86. The van der Waals surface area contributed by atoms with Gasteiger partial charge in [0.15, 0.2) is 0 Å². The van der Waals surface area contributed by atoms with Crippen molar-refractivity contribution in [3.63, 3.8) is 0 Å². The van der Waals surface area contributed by atoms with Crippen molar-refractivity contribution < 1.29 is 18.3 Å². The van der Waals surface area contributed by atoms with Gasteiger partial charge in [0.1, 0.15) is 0 Å². The first-order chi connectivity index (χ1) is 9.55. The molecule has 0 aromatic carbocycles. The fourth-order valence-electron chi connectivity index (χ4n) is 3.27. The molecule has 0 unspecified atom stereocenters. The van der Waals surface area contributed by atoms with E-state index in [-0.39, 0.29) is 24.9 Å². The maximum absolute atomic E-state index is 13.2. The van der Waals surface area contributed by atoms with Crippen molar-refractivity contribution in [2.45, 2.75) is 30.8 Å². The van der Waals surface area contributed by atoms with Crippen LogP contribution in [0.25, 0.3) is 0 Å². The highest BCUT2D eigenvalue weighted by Crippen LogP contribution is 2.28. The van der Waals surface area contributed by atoms with Gasteiger partial charge in [0.25, 0.3) is 5.92 Å². The fraction of sp³-hybridized carbons (Fsp3) is 0.923. The molecule has 0 aromatic heterocycles. The number of morpholine rings is 1. The number of ether oxygens (including phenoxy) is 1. The Morgan fingerprint density at radius 2 is 2.00 bits per heavy atom. The number of likely N-dealkylation sites (tertiary alicyclic amines) is 1. The van der Waals surface area contributed by atoms with E-state index in [0.29, 0.717) is 12.5 Å². The van der Waals surface area contributed by atoms with Crippen molar-refractivity contribution in [3.05, 3.63) is 0 Å².